The van der Waals surface area contributed by atoms with Crippen LogP contribution in [0.4, 0.5) is 8.78 Å². The van der Waals surface area contributed by atoms with E-state index in [1.165, 1.54) is 30.3 Å². The Morgan fingerprint density at radius 1 is 0.958 bits per heavy atom. The number of benzene rings is 2. The lowest BCUT2D eigenvalue weighted by Gasteiger charge is -2.14. The molecule has 24 heavy (non-hydrogen) atoms. The molecule has 5 heteroatoms. The van der Waals surface area contributed by atoms with Gasteiger partial charge < -0.3 is 9.47 Å². The van der Waals surface area contributed by atoms with Gasteiger partial charge in [0, 0.05) is 25.0 Å². The van der Waals surface area contributed by atoms with Crippen molar-refractivity contribution in [1.82, 2.24) is 0 Å². The number of carbonyl (C=O) groups excluding carboxylic acids is 1. The van der Waals surface area contributed by atoms with Crippen molar-refractivity contribution in [3.8, 4) is 11.5 Å². The Morgan fingerprint density at radius 2 is 1.62 bits per heavy atom. The summed E-state index contributed by atoms with van der Waals surface area (Å²) in [5.74, 6) is 0.938. The lowest BCUT2D eigenvalue weighted by atomic mass is 10.0. The Morgan fingerprint density at radius 3 is 2.33 bits per heavy atom. The van der Waals surface area contributed by atoms with Crippen LogP contribution in [0.5, 0.6) is 11.5 Å². The van der Waals surface area contributed by atoms with Crippen LogP contribution in [0.15, 0.2) is 54.6 Å². The van der Waals surface area contributed by atoms with Gasteiger partial charge in [0.1, 0.15) is 17.3 Å². The van der Waals surface area contributed by atoms with E-state index in [9.17, 15) is 13.6 Å². The number of aryl methyl sites for hydroxylation is 1. The molecule has 0 amide bonds. The minimum Gasteiger partial charge on any atom is -0.457 e. The highest BCUT2D eigenvalue weighted by molar-refractivity contribution is 5.97. The minimum atomic E-state index is -3.24. The zero-order valence-electron chi connectivity index (χ0n) is 13.1. The summed E-state index contributed by atoms with van der Waals surface area (Å²) in [6, 6.07) is 13.5. The molecule has 3 rings (SSSR count). The average molecular weight is 330 g/mol. The fraction of sp³-hybridized carbons (Fsp3) is 0.211. The molecule has 0 radical (unpaired) electrons. The zero-order chi connectivity index (χ0) is 17.2. The summed E-state index contributed by atoms with van der Waals surface area (Å²) in [6.45, 7) is 0.677. The molecule has 0 atom stereocenters. The molecule has 2 aromatic rings. The number of hydrogen-bond donors (Lipinski definition) is 0. The average Bonchev–Trinajstić information content (AvgIpc) is 2.68. The molecule has 3 nitrogen and oxygen atoms in total. The van der Waals surface area contributed by atoms with Crippen LogP contribution in [0, 0.1) is 0 Å². The number of alkyl halides is 2. The number of carbonyl (C=O) groups is 1. The van der Waals surface area contributed by atoms with Gasteiger partial charge in [-0.3, -0.25) is 4.79 Å². The molecule has 0 bridgehead atoms. The van der Waals surface area contributed by atoms with Gasteiger partial charge in [-0.15, -0.1) is 0 Å². The highest BCUT2D eigenvalue weighted by Crippen LogP contribution is 2.29. The maximum Gasteiger partial charge on any atom is 0.394 e. The smallest absolute Gasteiger partial charge is 0.394 e. The van der Waals surface area contributed by atoms with E-state index in [4.69, 9.17) is 4.74 Å². The second kappa shape index (κ2) is 6.43. The molecule has 0 unspecified atom stereocenters. The van der Waals surface area contributed by atoms with E-state index in [-0.39, 0.29) is 11.5 Å². The summed E-state index contributed by atoms with van der Waals surface area (Å²) in [5, 5.41) is 0. The van der Waals surface area contributed by atoms with Gasteiger partial charge >= 0.3 is 6.11 Å². The molecule has 1 aliphatic rings. The highest BCUT2D eigenvalue weighted by Gasteiger charge is 2.23. The largest absolute Gasteiger partial charge is 0.457 e. The fourth-order valence-corrected chi connectivity index (χ4v) is 2.53. The van der Waals surface area contributed by atoms with Crippen LogP contribution >= 0.6 is 0 Å². The highest BCUT2D eigenvalue weighted by atomic mass is 19.3. The lowest BCUT2D eigenvalue weighted by Crippen LogP contribution is -2.18. The summed E-state index contributed by atoms with van der Waals surface area (Å²) in [6.07, 6.45) is -0.660. The topological polar surface area (TPSA) is 35.5 Å². The van der Waals surface area contributed by atoms with Crippen molar-refractivity contribution in [3.05, 3.63) is 65.7 Å². The second-order valence-corrected chi connectivity index (χ2v) is 5.62. The number of allylic oxidation sites excluding steroid dienone is 1. The van der Waals surface area contributed by atoms with Crippen LogP contribution in [0.3, 0.4) is 0 Å². The predicted molar refractivity (Wildman–Crippen MR) is 86.1 cm³/mol. The molecular weight excluding hydrogens is 314 g/mol. The maximum absolute atomic E-state index is 12.8. The number of ether oxygens (including phenoxy) is 2. The van der Waals surface area contributed by atoms with E-state index in [1.54, 1.807) is 0 Å². The van der Waals surface area contributed by atoms with Crippen molar-refractivity contribution in [2.24, 2.45) is 0 Å². The second-order valence-electron chi connectivity index (χ2n) is 5.62. The first-order chi connectivity index (χ1) is 11.4. The maximum atomic E-state index is 12.8. The first-order valence-electron chi connectivity index (χ1n) is 7.58. The number of halogens is 2. The van der Waals surface area contributed by atoms with Crippen LogP contribution in [-0.2, 0) is 11.2 Å². The first-order valence-corrected chi connectivity index (χ1v) is 7.58. The van der Waals surface area contributed by atoms with Crippen molar-refractivity contribution in [1.29, 1.82) is 0 Å². The standard InChI is InChI=1S/C19H16F2O3/c1-19(20,21)24-16-10-8-15(9-11-16)23-18-12-14(22)7-6-13-4-2-3-5-17(13)18/h2-5,8-12H,6-7H2,1H3. The van der Waals surface area contributed by atoms with Crippen LogP contribution in [0.25, 0.3) is 5.76 Å². The third-order valence-corrected chi connectivity index (χ3v) is 3.56. The van der Waals surface area contributed by atoms with Crippen molar-refractivity contribution < 1.29 is 23.0 Å². The molecule has 0 saturated carbocycles. The van der Waals surface area contributed by atoms with E-state index in [0.29, 0.717) is 31.3 Å². The first kappa shape index (κ1) is 16.2. The van der Waals surface area contributed by atoms with Crippen LogP contribution < -0.4 is 9.47 Å². The van der Waals surface area contributed by atoms with Crippen molar-refractivity contribution in [2.45, 2.75) is 25.9 Å². The number of ketones is 1. The van der Waals surface area contributed by atoms with Gasteiger partial charge in [-0.25, -0.2) is 0 Å². The molecule has 0 N–H and O–H groups in total. The molecule has 0 aromatic heterocycles. The van der Waals surface area contributed by atoms with Gasteiger partial charge in [-0.1, -0.05) is 24.3 Å². The van der Waals surface area contributed by atoms with Crippen molar-refractivity contribution in [3.63, 3.8) is 0 Å². The van der Waals surface area contributed by atoms with Gasteiger partial charge in [0.25, 0.3) is 0 Å². The molecule has 0 aliphatic heterocycles. The van der Waals surface area contributed by atoms with Crippen LogP contribution in [0.1, 0.15) is 24.5 Å². The Bertz CT molecular complexity index is 774. The molecule has 0 spiro atoms. The summed E-state index contributed by atoms with van der Waals surface area (Å²) in [4.78, 5) is 11.9. The Kier molecular flexibility index (Phi) is 4.34. The molecule has 2 aromatic carbocycles. The summed E-state index contributed by atoms with van der Waals surface area (Å²) in [7, 11) is 0. The molecule has 0 saturated heterocycles. The number of rotatable bonds is 4. The normalized spacial score (nSPS) is 14.5. The van der Waals surface area contributed by atoms with E-state index < -0.39 is 6.11 Å². The molecule has 0 fully saturated rings. The van der Waals surface area contributed by atoms with Crippen LogP contribution in [-0.4, -0.2) is 11.9 Å². The Labute approximate surface area is 138 Å². The molecule has 0 heterocycles. The van der Waals surface area contributed by atoms with E-state index in [1.807, 2.05) is 24.3 Å². The van der Waals surface area contributed by atoms with Crippen molar-refractivity contribution in [2.75, 3.05) is 0 Å². The van der Waals surface area contributed by atoms with Crippen LogP contribution in [0.2, 0.25) is 0 Å². The SMILES string of the molecule is CC(F)(F)Oc1ccc(OC2=CC(=O)CCc3ccccc32)cc1. The summed E-state index contributed by atoms with van der Waals surface area (Å²) in [5.41, 5.74) is 1.91. The summed E-state index contributed by atoms with van der Waals surface area (Å²) < 4.78 is 36.0. The van der Waals surface area contributed by atoms with Gasteiger partial charge in [-0.05, 0) is 36.2 Å². The molecular formula is C19H16F2O3. The van der Waals surface area contributed by atoms with Gasteiger partial charge in [0.15, 0.2) is 5.78 Å². The lowest BCUT2D eigenvalue weighted by molar-refractivity contribution is -0.159. The molecule has 1 aliphatic carbocycles. The Balaban J connectivity index is 1.83. The fourth-order valence-electron chi connectivity index (χ4n) is 2.53. The van der Waals surface area contributed by atoms with Gasteiger partial charge in [-0.2, -0.15) is 8.78 Å². The van der Waals surface area contributed by atoms with Gasteiger partial charge in [0.05, 0.1) is 0 Å². The minimum absolute atomic E-state index is 0.00761. The zero-order valence-corrected chi connectivity index (χ0v) is 13.1. The van der Waals surface area contributed by atoms with E-state index in [0.717, 1.165) is 11.1 Å². The quantitative estimate of drug-likeness (QED) is 0.821. The summed E-state index contributed by atoms with van der Waals surface area (Å²) >= 11 is 0. The third-order valence-electron chi connectivity index (χ3n) is 3.56. The van der Waals surface area contributed by atoms with Crippen molar-refractivity contribution >= 4 is 11.5 Å². The monoisotopic (exact) mass is 330 g/mol. The van der Waals surface area contributed by atoms with Gasteiger partial charge in [0.2, 0.25) is 0 Å². The van der Waals surface area contributed by atoms with E-state index in [2.05, 4.69) is 4.74 Å². The Hall–Kier alpha value is -2.69. The number of hydrogen-bond acceptors (Lipinski definition) is 3. The number of fused-ring (bicyclic) bond motifs is 1. The predicted octanol–water partition coefficient (Wildman–Crippen LogP) is 4.61. The molecule has 124 valence electrons. The van der Waals surface area contributed by atoms with E-state index >= 15 is 0 Å². The third kappa shape index (κ3) is 3.98.